The highest BCUT2D eigenvalue weighted by atomic mass is 32.2. The summed E-state index contributed by atoms with van der Waals surface area (Å²) in [4.78, 5) is 33.5. The van der Waals surface area contributed by atoms with Gasteiger partial charge in [-0.25, -0.2) is 4.98 Å². The summed E-state index contributed by atoms with van der Waals surface area (Å²) in [7, 11) is 0. The van der Waals surface area contributed by atoms with Gasteiger partial charge in [0, 0.05) is 19.3 Å². The second-order valence-electron chi connectivity index (χ2n) is 8.83. The summed E-state index contributed by atoms with van der Waals surface area (Å²) in [5.74, 6) is 0.239. The molecule has 0 saturated carbocycles. The fourth-order valence-electron chi connectivity index (χ4n) is 4.25. The van der Waals surface area contributed by atoms with Crippen molar-refractivity contribution in [1.29, 1.82) is 0 Å². The molecule has 0 unspecified atom stereocenters. The number of pyridine rings is 1. The number of fused-ring (bicyclic) bond motifs is 1. The SMILES string of the molecule is Cc1ccc(CNc2nc3c(C)cccn3c(=O)c2/C=C2\SC(=S)N(C[C@H]3CCCO3)C2=O)cc1. The van der Waals surface area contributed by atoms with E-state index in [1.165, 1.54) is 21.7 Å². The van der Waals surface area contributed by atoms with E-state index in [-0.39, 0.29) is 17.6 Å². The number of anilines is 1. The van der Waals surface area contributed by atoms with Crippen molar-refractivity contribution in [3.05, 3.63) is 80.1 Å². The first-order valence-electron chi connectivity index (χ1n) is 11.6. The molecule has 2 saturated heterocycles. The quantitative estimate of drug-likeness (QED) is 0.395. The largest absolute Gasteiger partial charge is 0.376 e. The molecule has 2 aromatic heterocycles. The van der Waals surface area contributed by atoms with Gasteiger partial charge in [-0.05, 0) is 50.0 Å². The Morgan fingerprint density at radius 1 is 1.23 bits per heavy atom. The molecule has 1 N–H and O–H groups in total. The Bertz CT molecular complexity index is 1390. The first kappa shape index (κ1) is 23.7. The standard InChI is InChI=1S/C26H26N4O3S2/c1-16-7-9-18(10-8-16)14-27-22-20(24(31)29-11-3-5-17(2)23(29)28-22)13-21-25(32)30(26(34)35-21)15-19-6-4-12-33-19/h3,5,7-11,13,19,27H,4,6,12,14-15H2,1-2H3/b21-13-/t19-/m1/s1. The Morgan fingerprint density at radius 3 is 2.77 bits per heavy atom. The van der Waals surface area contributed by atoms with Gasteiger partial charge in [0.15, 0.2) is 0 Å². The molecule has 35 heavy (non-hydrogen) atoms. The Balaban J connectivity index is 1.52. The molecule has 180 valence electrons. The minimum atomic E-state index is -0.241. The van der Waals surface area contributed by atoms with Crippen LogP contribution < -0.4 is 10.9 Å². The first-order valence-corrected chi connectivity index (χ1v) is 12.8. The number of thioether (sulfide) groups is 1. The summed E-state index contributed by atoms with van der Waals surface area (Å²) in [6.45, 7) is 5.61. The maximum absolute atomic E-state index is 13.5. The third-order valence-electron chi connectivity index (χ3n) is 6.22. The number of hydrogen-bond donors (Lipinski definition) is 1. The summed E-state index contributed by atoms with van der Waals surface area (Å²) < 4.78 is 7.69. The van der Waals surface area contributed by atoms with E-state index in [0.717, 1.165) is 24.0 Å². The highest BCUT2D eigenvalue weighted by molar-refractivity contribution is 8.26. The second-order valence-corrected chi connectivity index (χ2v) is 10.5. The first-order chi connectivity index (χ1) is 16.9. The lowest BCUT2D eigenvalue weighted by Crippen LogP contribution is -2.35. The van der Waals surface area contributed by atoms with E-state index in [0.29, 0.717) is 46.0 Å². The maximum atomic E-state index is 13.5. The van der Waals surface area contributed by atoms with Crippen LogP contribution in [-0.2, 0) is 16.1 Å². The Labute approximate surface area is 213 Å². The van der Waals surface area contributed by atoms with Crippen LogP contribution >= 0.6 is 24.0 Å². The lowest BCUT2D eigenvalue weighted by atomic mass is 10.1. The van der Waals surface area contributed by atoms with E-state index in [4.69, 9.17) is 21.9 Å². The van der Waals surface area contributed by atoms with E-state index in [2.05, 4.69) is 5.32 Å². The van der Waals surface area contributed by atoms with Crippen molar-refractivity contribution in [2.24, 2.45) is 0 Å². The van der Waals surface area contributed by atoms with Gasteiger partial charge >= 0.3 is 0 Å². The van der Waals surface area contributed by atoms with Crippen LogP contribution in [0.2, 0.25) is 0 Å². The zero-order chi connectivity index (χ0) is 24.5. The molecule has 7 nitrogen and oxygen atoms in total. The number of aryl methyl sites for hydroxylation is 2. The third-order valence-corrected chi connectivity index (χ3v) is 7.60. The van der Waals surface area contributed by atoms with Gasteiger partial charge in [-0.1, -0.05) is 59.9 Å². The monoisotopic (exact) mass is 506 g/mol. The molecule has 4 heterocycles. The van der Waals surface area contributed by atoms with Crippen molar-refractivity contribution in [3.63, 3.8) is 0 Å². The number of carbonyl (C=O) groups excluding carboxylic acids is 1. The number of benzene rings is 1. The molecule has 1 aromatic carbocycles. The van der Waals surface area contributed by atoms with Gasteiger partial charge in [-0.15, -0.1) is 0 Å². The minimum Gasteiger partial charge on any atom is -0.376 e. The van der Waals surface area contributed by atoms with Crippen molar-refractivity contribution < 1.29 is 9.53 Å². The predicted molar refractivity (Wildman–Crippen MR) is 144 cm³/mol. The van der Waals surface area contributed by atoms with Gasteiger partial charge in [-0.2, -0.15) is 0 Å². The lowest BCUT2D eigenvalue weighted by molar-refractivity contribution is -0.123. The lowest BCUT2D eigenvalue weighted by Gasteiger charge is -2.18. The number of amides is 1. The molecule has 5 rings (SSSR count). The molecule has 1 amide bonds. The van der Waals surface area contributed by atoms with Gasteiger partial charge < -0.3 is 10.1 Å². The third kappa shape index (κ3) is 4.89. The molecule has 0 spiro atoms. The van der Waals surface area contributed by atoms with Gasteiger partial charge in [0.25, 0.3) is 11.5 Å². The summed E-state index contributed by atoms with van der Waals surface area (Å²) in [5, 5.41) is 3.32. The Hall–Kier alpha value is -3.01. The summed E-state index contributed by atoms with van der Waals surface area (Å²) in [5.41, 5.74) is 3.80. The van der Waals surface area contributed by atoms with E-state index in [9.17, 15) is 9.59 Å². The number of rotatable bonds is 6. The number of ether oxygens (including phenoxy) is 1. The highest BCUT2D eigenvalue weighted by Crippen LogP contribution is 2.34. The van der Waals surface area contributed by atoms with Crippen molar-refractivity contribution in [2.75, 3.05) is 18.5 Å². The molecule has 1 atom stereocenters. The Kier molecular flexibility index (Phi) is 6.73. The number of carbonyl (C=O) groups is 1. The predicted octanol–water partition coefficient (Wildman–Crippen LogP) is 4.30. The zero-order valence-corrected chi connectivity index (χ0v) is 21.2. The zero-order valence-electron chi connectivity index (χ0n) is 19.6. The van der Waals surface area contributed by atoms with Crippen LogP contribution in [0.3, 0.4) is 0 Å². The number of thiocarbonyl (C=S) groups is 1. The van der Waals surface area contributed by atoms with Crippen molar-refractivity contribution >= 4 is 51.7 Å². The minimum absolute atomic E-state index is 0.000442. The normalized spacial score (nSPS) is 19.3. The van der Waals surface area contributed by atoms with Crippen molar-refractivity contribution in [3.8, 4) is 0 Å². The van der Waals surface area contributed by atoms with Crippen LogP contribution in [0.15, 0.2) is 52.3 Å². The van der Waals surface area contributed by atoms with Crippen LogP contribution in [-0.4, -0.2) is 43.8 Å². The van der Waals surface area contributed by atoms with Crippen molar-refractivity contribution in [2.45, 2.75) is 39.3 Å². The average molecular weight is 507 g/mol. The smallest absolute Gasteiger partial charge is 0.267 e. The van der Waals surface area contributed by atoms with E-state index in [1.54, 1.807) is 17.2 Å². The van der Waals surface area contributed by atoms with Crippen LogP contribution in [0, 0.1) is 13.8 Å². The molecule has 2 aliphatic rings. The molecule has 3 aromatic rings. The molecule has 0 bridgehead atoms. The number of nitrogens with one attached hydrogen (secondary N) is 1. The number of aromatic nitrogens is 2. The van der Waals surface area contributed by atoms with Gasteiger partial charge in [-0.3, -0.25) is 18.9 Å². The summed E-state index contributed by atoms with van der Waals surface area (Å²) in [6, 6.07) is 11.9. The molecule has 0 aliphatic carbocycles. The molecule has 0 radical (unpaired) electrons. The van der Waals surface area contributed by atoms with E-state index >= 15 is 0 Å². The highest BCUT2D eigenvalue weighted by Gasteiger charge is 2.35. The molecule has 2 aliphatic heterocycles. The maximum Gasteiger partial charge on any atom is 0.267 e. The fourth-order valence-corrected chi connectivity index (χ4v) is 5.51. The van der Waals surface area contributed by atoms with Crippen molar-refractivity contribution in [1.82, 2.24) is 14.3 Å². The molecular formula is C26H26N4O3S2. The van der Waals surface area contributed by atoms with Crippen LogP contribution in [0.4, 0.5) is 5.82 Å². The van der Waals surface area contributed by atoms with Gasteiger partial charge in [0.05, 0.1) is 23.1 Å². The molecular weight excluding hydrogens is 480 g/mol. The number of hydrogen-bond acceptors (Lipinski definition) is 7. The average Bonchev–Trinajstić information content (AvgIpc) is 3.45. The van der Waals surface area contributed by atoms with Crippen LogP contribution in [0.5, 0.6) is 0 Å². The number of nitrogens with zero attached hydrogens (tertiary/aromatic N) is 3. The molecule has 2 fully saturated rings. The summed E-state index contributed by atoms with van der Waals surface area (Å²) >= 11 is 6.70. The Morgan fingerprint density at radius 2 is 2.03 bits per heavy atom. The topological polar surface area (TPSA) is 75.9 Å². The van der Waals surface area contributed by atoms with Crippen LogP contribution in [0.1, 0.15) is 35.1 Å². The summed E-state index contributed by atoms with van der Waals surface area (Å²) in [6.07, 6.45) is 5.22. The van der Waals surface area contributed by atoms with Gasteiger partial charge in [0.2, 0.25) is 0 Å². The van der Waals surface area contributed by atoms with E-state index in [1.807, 2.05) is 50.2 Å². The fraction of sp³-hybridized carbons (Fsp3) is 0.308. The van der Waals surface area contributed by atoms with Gasteiger partial charge in [0.1, 0.15) is 15.8 Å². The van der Waals surface area contributed by atoms with Crippen LogP contribution in [0.25, 0.3) is 11.7 Å². The van der Waals surface area contributed by atoms with E-state index < -0.39 is 0 Å². The molecule has 9 heteroatoms. The second kappa shape index (κ2) is 9.93.